The van der Waals surface area contributed by atoms with Crippen LogP contribution in [0.4, 0.5) is 5.69 Å². The number of anilines is 1. The van der Waals surface area contributed by atoms with Gasteiger partial charge < -0.3 is 5.32 Å². The van der Waals surface area contributed by atoms with Gasteiger partial charge in [-0.25, -0.2) is 8.42 Å². The third kappa shape index (κ3) is 4.25. The molecule has 6 heteroatoms. The van der Waals surface area contributed by atoms with Crippen molar-refractivity contribution in [3.05, 3.63) is 71.8 Å². The molecule has 1 fully saturated rings. The van der Waals surface area contributed by atoms with Crippen LogP contribution in [0.3, 0.4) is 0 Å². The summed E-state index contributed by atoms with van der Waals surface area (Å²) in [7, 11) is -3.62. The first kappa shape index (κ1) is 20.6. The number of aryl methyl sites for hydroxylation is 1. The molecule has 5 nitrogen and oxygen atoms in total. The highest BCUT2D eigenvalue weighted by Crippen LogP contribution is 2.25. The fraction of sp³-hybridized carbons (Fsp3) is 0.292. The third-order valence-electron chi connectivity index (χ3n) is 5.64. The predicted octanol–water partition coefficient (Wildman–Crippen LogP) is 4.97. The maximum Gasteiger partial charge on any atom is 0.255 e. The Bertz CT molecular complexity index is 1180. The Labute approximate surface area is 177 Å². The molecular formula is C24H26N2O3S. The Balaban J connectivity index is 1.60. The van der Waals surface area contributed by atoms with Gasteiger partial charge in [-0.05, 0) is 60.4 Å². The number of benzene rings is 3. The summed E-state index contributed by atoms with van der Waals surface area (Å²) in [5, 5.41) is 5.02. The van der Waals surface area contributed by atoms with E-state index in [1.807, 2.05) is 42.5 Å². The largest absolute Gasteiger partial charge is 0.322 e. The standard InChI is InChI=1S/C24H26N2O3S/c1-18-10-11-21(17-23(18)30(28,29)26-14-6-2-3-7-15-26)24(27)25-22-13-12-19-8-4-5-9-20(19)16-22/h4-5,8-13,16-17H,2-3,6-7,14-15H2,1H3,(H,25,27). The highest BCUT2D eigenvalue weighted by Gasteiger charge is 2.27. The van der Waals surface area contributed by atoms with Gasteiger partial charge in [0, 0.05) is 24.3 Å². The van der Waals surface area contributed by atoms with Gasteiger partial charge in [0.15, 0.2) is 0 Å². The van der Waals surface area contributed by atoms with Crippen LogP contribution >= 0.6 is 0 Å². The number of carbonyl (C=O) groups is 1. The van der Waals surface area contributed by atoms with E-state index in [9.17, 15) is 13.2 Å². The number of hydrogen-bond acceptors (Lipinski definition) is 3. The van der Waals surface area contributed by atoms with Crippen molar-refractivity contribution >= 4 is 32.4 Å². The highest BCUT2D eigenvalue weighted by molar-refractivity contribution is 7.89. The number of hydrogen-bond donors (Lipinski definition) is 1. The first-order valence-corrected chi connectivity index (χ1v) is 11.8. The van der Waals surface area contributed by atoms with Crippen LogP contribution in [-0.4, -0.2) is 31.7 Å². The van der Waals surface area contributed by atoms with Crippen molar-refractivity contribution in [3.8, 4) is 0 Å². The van der Waals surface area contributed by atoms with Gasteiger partial charge >= 0.3 is 0 Å². The van der Waals surface area contributed by atoms with E-state index in [-0.39, 0.29) is 10.8 Å². The van der Waals surface area contributed by atoms with E-state index in [1.165, 1.54) is 6.07 Å². The van der Waals surface area contributed by atoms with Crippen LogP contribution in [0.2, 0.25) is 0 Å². The average molecular weight is 423 g/mol. The van der Waals surface area contributed by atoms with Gasteiger partial charge in [0.1, 0.15) is 0 Å². The molecule has 0 aromatic heterocycles. The number of nitrogens with zero attached hydrogens (tertiary/aromatic N) is 1. The minimum atomic E-state index is -3.62. The third-order valence-corrected chi connectivity index (χ3v) is 7.68. The summed E-state index contributed by atoms with van der Waals surface area (Å²) in [4.78, 5) is 13.1. The van der Waals surface area contributed by atoms with Crippen molar-refractivity contribution in [2.45, 2.75) is 37.5 Å². The minimum absolute atomic E-state index is 0.218. The number of fused-ring (bicyclic) bond motifs is 1. The lowest BCUT2D eigenvalue weighted by Crippen LogP contribution is -2.32. The summed E-state index contributed by atoms with van der Waals surface area (Å²) in [6.45, 7) is 2.85. The summed E-state index contributed by atoms with van der Waals surface area (Å²) in [6.07, 6.45) is 3.86. The van der Waals surface area contributed by atoms with Gasteiger partial charge in [-0.15, -0.1) is 0 Å². The predicted molar refractivity (Wildman–Crippen MR) is 120 cm³/mol. The Kier molecular flexibility index (Phi) is 5.88. The smallest absolute Gasteiger partial charge is 0.255 e. The maximum absolute atomic E-state index is 13.2. The number of carbonyl (C=O) groups excluding carboxylic acids is 1. The minimum Gasteiger partial charge on any atom is -0.322 e. The molecule has 0 aliphatic carbocycles. The molecule has 0 spiro atoms. The summed E-state index contributed by atoms with van der Waals surface area (Å²) in [5.41, 5.74) is 1.67. The zero-order chi connectivity index (χ0) is 21.1. The molecule has 4 rings (SSSR count). The molecule has 1 amide bonds. The molecule has 1 aliphatic rings. The summed E-state index contributed by atoms with van der Waals surface area (Å²) >= 11 is 0. The van der Waals surface area contributed by atoms with Crippen LogP contribution in [-0.2, 0) is 10.0 Å². The first-order chi connectivity index (χ1) is 14.4. The molecule has 0 atom stereocenters. The van der Waals surface area contributed by atoms with Crippen molar-refractivity contribution in [1.29, 1.82) is 0 Å². The van der Waals surface area contributed by atoms with Gasteiger partial charge in [0.05, 0.1) is 4.90 Å². The molecule has 0 bridgehead atoms. The van der Waals surface area contributed by atoms with E-state index in [1.54, 1.807) is 23.4 Å². The van der Waals surface area contributed by atoms with Crippen LogP contribution < -0.4 is 5.32 Å². The molecule has 1 N–H and O–H groups in total. The Morgan fingerprint density at radius 3 is 2.30 bits per heavy atom. The molecule has 0 radical (unpaired) electrons. The van der Waals surface area contributed by atoms with Gasteiger partial charge in [0.2, 0.25) is 10.0 Å². The number of rotatable bonds is 4. The van der Waals surface area contributed by atoms with E-state index in [0.717, 1.165) is 36.5 Å². The highest BCUT2D eigenvalue weighted by atomic mass is 32.2. The second-order valence-electron chi connectivity index (χ2n) is 7.81. The normalized spacial score (nSPS) is 15.6. The number of sulfonamides is 1. The Hall–Kier alpha value is -2.70. The summed E-state index contributed by atoms with van der Waals surface area (Å²) in [5.74, 6) is -0.322. The SMILES string of the molecule is Cc1ccc(C(=O)Nc2ccc3ccccc3c2)cc1S(=O)(=O)N1CCCCCC1. The lowest BCUT2D eigenvalue weighted by Gasteiger charge is -2.21. The first-order valence-electron chi connectivity index (χ1n) is 10.4. The van der Waals surface area contributed by atoms with E-state index >= 15 is 0 Å². The zero-order valence-electron chi connectivity index (χ0n) is 17.1. The van der Waals surface area contributed by atoms with Crippen LogP contribution in [0.15, 0.2) is 65.6 Å². The van der Waals surface area contributed by atoms with Gasteiger partial charge in [-0.1, -0.05) is 49.2 Å². The van der Waals surface area contributed by atoms with Crippen LogP contribution in [0.1, 0.15) is 41.6 Å². The second-order valence-corrected chi connectivity index (χ2v) is 9.72. The van der Waals surface area contributed by atoms with Gasteiger partial charge in [0.25, 0.3) is 5.91 Å². The zero-order valence-corrected chi connectivity index (χ0v) is 17.9. The van der Waals surface area contributed by atoms with Crippen molar-refractivity contribution < 1.29 is 13.2 Å². The molecule has 0 unspecified atom stereocenters. The molecule has 0 saturated carbocycles. The van der Waals surface area contributed by atoms with Crippen LogP contribution in [0, 0.1) is 6.92 Å². The Morgan fingerprint density at radius 2 is 1.57 bits per heavy atom. The van der Waals surface area contributed by atoms with E-state index in [0.29, 0.717) is 29.9 Å². The molecule has 3 aromatic carbocycles. The molecule has 156 valence electrons. The Morgan fingerprint density at radius 1 is 0.867 bits per heavy atom. The van der Waals surface area contributed by atoms with Crippen molar-refractivity contribution in [1.82, 2.24) is 4.31 Å². The van der Waals surface area contributed by atoms with Crippen LogP contribution in [0.25, 0.3) is 10.8 Å². The van der Waals surface area contributed by atoms with Crippen molar-refractivity contribution in [2.24, 2.45) is 0 Å². The second kappa shape index (κ2) is 8.58. The lowest BCUT2D eigenvalue weighted by atomic mass is 10.1. The monoisotopic (exact) mass is 422 g/mol. The molecular weight excluding hydrogens is 396 g/mol. The van der Waals surface area contributed by atoms with Crippen molar-refractivity contribution in [3.63, 3.8) is 0 Å². The van der Waals surface area contributed by atoms with E-state index < -0.39 is 10.0 Å². The lowest BCUT2D eigenvalue weighted by molar-refractivity contribution is 0.102. The number of nitrogens with one attached hydrogen (secondary N) is 1. The molecule has 1 heterocycles. The van der Waals surface area contributed by atoms with Gasteiger partial charge in [-0.2, -0.15) is 4.31 Å². The maximum atomic E-state index is 13.2. The average Bonchev–Trinajstić information content (AvgIpc) is 3.04. The van der Waals surface area contributed by atoms with E-state index in [2.05, 4.69) is 5.32 Å². The van der Waals surface area contributed by atoms with Crippen molar-refractivity contribution in [2.75, 3.05) is 18.4 Å². The molecule has 1 saturated heterocycles. The molecule has 30 heavy (non-hydrogen) atoms. The molecule has 3 aromatic rings. The number of amides is 1. The van der Waals surface area contributed by atoms with Gasteiger partial charge in [-0.3, -0.25) is 4.79 Å². The molecule has 1 aliphatic heterocycles. The summed E-state index contributed by atoms with van der Waals surface area (Å²) in [6, 6.07) is 18.5. The topological polar surface area (TPSA) is 66.5 Å². The summed E-state index contributed by atoms with van der Waals surface area (Å²) < 4.78 is 28.0. The quantitative estimate of drug-likeness (QED) is 0.646. The fourth-order valence-electron chi connectivity index (χ4n) is 3.91. The van der Waals surface area contributed by atoms with Crippen LogP contribution in [0.5, 0.6) is 0 Å². The van der Waals surface area contributed by atoms with E-state index in [4.69, 9.17) is 0 Å². The fourth-order valence-corrected chi connectivity index (χ4v) is 5.68.